The first-order chi connectivity index (χ1) is 9.11. The van der Waals surface area contributed by atoms with E-state index in [1.54, 1.807) is 0 Å². The topological polar surface area (TPSA) is 29.9 Å². The highest BCUT2D eigenvalue weighted by Crippen LogP contribution is 2.19. The normalized spacial score (nSPS) is 11.6. The van der Waals surface area contributed by atoms with Crippen LogP contribution in [0, 0.1) is 12.8 Å². The number of hydrogen-bond donors (Lipinski definition) is 1. The molecule has 0 unspecified atom stereocenters. The number of likely N-dealkylation sites (N-methyl/N-ethyl adjacent to an activating group) is 1. The number of nitrogens with one attached hydrogen (secondary N) is 1. The lowest BCUT2D eigenvalue weighted by Crippen LogP contribution is -2.19. The summed E-state index contributed by atoms with van der Waals surface area (Å²) in [7, 11) is 0. The van der Waals surface area contributed by atoms with Gasteiger partial charge in [0.1, 0.15) is 5.82 Å². The van der Waals surface area contributed by atoms with Gasteiger partial charge in [0.25, 0.3) is 0 Å². The van der Waals surface area contributed by atoms with Crippen LogP contribution in [0.25, 0.3) is 11.0 Å². The number of rotatable bonds is 6. The lowest BCUT2D eigenvalue weighted by atomic mass is 10.2. The third-order valence-corrected chi connectivity index (χ3v) is 3.31. The Kier molecular flexibility index (Phi) is 4.59. The van der Waals surface area contributed by atoms with Gasteiger partial charge in [0.05, 0.1) is 11.0 Å². The van der Waals surface area contributed by atoms with Gasteiger partial charge in [-0.2, -0.15) is 0 Å². The van der Waals surface area contributed by atoms with Gasteiger partial charge in [-0.25, -0.2) is 4.98 Å². The van der Waals surface area contributed by atoms with Crippen molar-refractivity contribution in [2.75, 3.05) is 13.1 Å². The molecule has 104 valence electrons. The largest absolute Gasteiger partial charge is 0.328 e. The van der Waals surface area contributed by atoms with Crippen molar-refractivity contribution in [2.45, 2.75) is 40.7 Å². The molecule has 0 bridgehead atoms. The van der Waals surface area contributed by atoms with Crippen LogP contribution in [0.3, 0.4) is 0 Å². The van der Waals surface area contributed by atoms with Gasteiger partial charge in [-0.3, -0.25) is 0 Å². The minimum atomic E-state index is 0.636. The molecule has 0 aliphatic carbocycles. The minimum Gasteiger partial charge on any atom is -0.328 e. The summed E-state index contributed by atoms with van der Waals surface area (Å²) in [5.74, 6) is 1.84. The van der Waals surface area contributed by atoms with E-state index in [1.807, 2.05) is 0 Å². The van der Waals surface area contributed by atoms with Gasteiger partial charge in [-0.1, -0.05) is 26.8 Å². The van der Waals surface area contributed by atoms with Crippen LogP contribution in [-0.4, -0.2) is 22.6 Å². The molecular weight excluding hydrogens is 234 g/mol. The van der Waals surface area contributed by atoms with Crippen LogP contribution in [-0.2, 0) is 13.0 Å². The van der Waals surface area contributed by atoms with E-state index >= 15 is 0 Å². The molecule has 1 heterocycles. The smallest absolute Gasteiger partial charge is 0.111 e. The van der Waals surface area contributed by atoms with Crippen LogP contribution < -0.4 is 5.32 Å². The molecule has 3 nitrogen and oxygen atoms in total. The Balaban J connectivity index is 2.36. The lowest BCUT2D eigenvalue weighted by Gasteiger charge is -2.12. The van der Waals surface area contributed by atoms with Crippen molar-refractivity contribution in [3.05, 3.63) is 29.6 Å². The van der Waals surface area contributed by atoms with E-state index in [1.165, 1.54) is 16.9 Å². The standard InChI is InChI=1S/C16H25N3/c1-5-17-9-8-16-18-14-10-13(4)6-7-15(14)19(16)11-12(2)3/h6-7,10,12,17H,5,8-9,11H2,1-4H3. The van der Waals surface area contributed by atoms with Gasteiger partial charge in [-0.05, 0) is 37.1 Å². The molecule has 0 saturated carbocycles. The summed E-state index contributed by atoms with van der Waals surface area (Å²) >= 11 is 0. The Morgan fingerprint density at radius 3 is 2.79 bits per heavy atom. The average Bonchev–Trinajstić information content (AvgIpc) is 2.66. The molecular formula is C16H25N3. The van der Waals surface area contributed by atoms with E-state index in [-0.39, 0.29) is 0 Å². The molecule has 2 rings (SSSR count). The van der Waals surface area contributed by atoms with Gasteiger partial charge < -0.3 is 9.88 Å². The maximum Gasteiger partial charge on any atom is 0.111 e. The number of hydrogen-bond acceptors (Lipinski definition) is 2. The van der Waals surface area contributed by atoms with Crippen molar-refractivity contribution in [3.8, 4) is 0 Å². The molecule has 0 aliphatic heterocycles. The van der Waals surface area contributed by atoms with E-state index in [0.29, 0.717) is 5.92 Å². The summed E-state index contributed by atoms with van der Waals surface area (Å²) < 4.78 is 2.39. The second-order valence-corrected chi connectivity index (χ2v) is 5.63. The van der Waals surface area contributed by atoms with Crippen molar-refractivity contribution in [1.82, 2.24) is 14.9 Å². The van der Waals surface area contributed by atoms with Gasteiger partial charge in [0, 0.05) is 19.5 Å². The van der Waals surface area contributed by atoms with Crippen LogP contribution in [0.4, 0.5) is 0 Å². The van der Waals surface area contributed by atoms with E-state index in [4.69, 9.17) is 4.98 Å². The summed E-state index contributed by atoms with van der Waals surface area (Å²) in [4.78, 5) is 4.82. The number of fused-ring (bicyclic) bond motifs is 1. The summed E-state index contributed by atoms with van der Waals surface area (Å²) in [6.07, 6.45) is 0.994. The van der Waals surface area contributed by atoms with E-state index in [2.05, 4.69) is 55.8 Å². The van der Waals surface area contributed by atoms with Crippen LogP contribution in [0.1, 0.15) is 32.2 Å². The highest BCUT2D eigenvalue weighted by Gasteiger charge is 2.11. The molecule has 1 aromatic carbocycles. The summed E-state index contributed by atoms with van der Waals surface area (Å²) in [5.41, 5.74) is 3.68. The SMILES string of the molecule is CCNCCc1nc2cc(C)ccc2n1CC(C)C. The fourth-order valence-corrected chi connectivity index (χ4v) is 2.43. The van der Waals surface area contributed by atoms with E-state index < -0.39 is 0 Å². The van der Waals surface area contributed by atoms with E-state index in [0.717, 1.165) is 31.6 Å². The lowest BCUT2D eigenvalue weighted by molar-refractivity contribution is 0.513. The predicted molar refractivity (Wildman–Crippen MR) is 81.6 cm³/mol. The zero-order valence-electron chi connectivity index (χ0n) is 12.5. The number of aryl methyl sites for hydroxylation is 1. The first-order valence-corrected chi connectivity index (χ1v) is 7.28. The maximum absolute atomic E-state index is 4.82. The fraction of sp³-hybridized carbons (Fsp3) is 0.562. The Bertz CT molecular complexity index is 540. The molecule has 1 N–H and O–H groups in total. The monoisotopic (exact) mass is 259 g/mol. The Labute approximate surface area is 116 Å². The van der Waals surface area contributed by atoms with Crippen molar-refractivity contribution >= 4 is 11.0 Å². The molecule has 0 aliphatic rings. The molecule has 0 spiro atoms. The summed E-state index contributed by atoms with van der Waals surface area (Å²) in [6, 6.07) is 6.56. The molecule has 1 aromatic heterocycles. The van der Waals surface area contributed by atoms with E-state index in [9.17, 15) is 0 Å². The molecule has 0 atom stereocenters. The Morgan fingerprint density at radius 2 is 2.11 bits per heavy atom. The molecule has 0 radical (unpaired) electrons. The van der Waals surface area contributed by atoms with Gasteiger partial charge >= 0.3 is 0 Å². The average molecular weight is 259 g/mol. The van der Waals surface area contributed by atoms with Crippen molar-refractivity contribution < 1.29 is 0 Å². The summed E-state index contributed by atoms with van der Waals surface area (Å²) in [6.45, 7) is 11.8. The highest BCUT2D eigenvalue weighted by atomic mass is 15.1. The zero-order valence-corrected chi connectivity index (χ0v) is 12.5. The molecule has 0 fully saturated rings. The number of nitrogens with zero attached hydrogens (tertiary/aromatic N) is 2. The van der Waals surface area contributed by atoms with Crippen LogP contribution in [0.5, 0.6) is 0 Å². The van der Waals surface area contributed by atoms with Crippen molar-refractivity contribution in [3.63, 3.8) is 0 Å². The van der Waals surface area contributed by atoms with Crippen LogP contribution in [0.15, 0.2) is 18.2 Å². The molecule has 0 amide bonds. The maximum atomic E-state index is 4.82. The third kappa shape index (κ3) is 3.35. The zero-order chi connectivity index (χ0) is 13.8. The van der Waals surface area contributed by atoms with Gasteiger partial charge in [0.2, 0.25) is 0 Å². The first-order valence-electron chi connectivity index (χ1n) is 7.28. The van der Waals surface area contributed by atoms with Gasteiger partial charge in [0.15, 0.2) is 0 Å². The van der Waals surface area contributed by atoms with Crippen molar-refractivity contribution in [2.24, 2.45) is 5.92 Å². The quantitative estimate of drug-likeness (QED) is 0.808. The van der Waals surface area contributed by atoms with Gasteiger partial charge in [-0.15, -0.1) is 0 Å². The molecule has 3 heteroatoms. The Morgan fingerprint density at radius 1 is 1.32 bits per heavy atom. The fourth-order valence-electron chi connectivity index (χ4n) is 2.43. The van der Waals surface area contributed by atoms with Crippen LogP contribution in [0.2, 0.25) is 0 Å². The second kappa shape index (κ2) is 6.20. The molecule has 0 saturated heterocycles. The minimum absolute atomic E-state index is 0.636. The Hall–Kier alpha value is -1.35. The third-order valence-electron chi connectivity index (χ3n) is 3.31. The number of imidazole rings is 1. The summed E-state index contributed by atoms with van der Waals surface area (Å²) in [5, 5.41) is 3.38. The van der Waals surface area contributed by atoms with Crippen molar-refractivity contribution in [1.29, 1.82) is 0 Å². The first kappa shape index (κ1) is 14.1. The number of benzene rings is 1. The second-order valence-electron chi connectivity index (χ2n) is 5.63. The predicted octanol–water partition coefficient (Wildman–Crippen LogP) is 3.15. The number of aromatic nitrogens is 2. The molecule has 19 heavy (non-hydrogen) atoms. The highest BCUT2D eigenvalue weighted by molar-refractivity contribution is 5.76. The van der Waals surface area contributed by atoms with Crippen LogP contribution >= 0.6 is 0 Å². The molecule has 2 aromatic rings.